The minimum absolute atomic E-state index is 0.168. The molecule has 1 aliphatic carbocycles. The van der Waals surface area contributed by atoms with Crippen molar-refractivity contribution >= 4 is 18.1 Å². The predicted octanol–water partition coefficient (Wildman–Crippen LogP) is 5.24. The number of piperidine rings is 2. The van der Waals surface area contributed by atoms with E-state index in [-0.39, 0.29) is 35.6 Å². The minimum atomic E-state index is -0.926. The lowest BCUT2D eigenvalue weighted by Gasteiger charge is -2.49. The quantitative estimate of drug-likeness (QED) is 0.163. The average molecular weight is 719 g/mol. The third kappa shape index (κ3) is 12.5. The number of ether oxygens (including phenoxy) is 3. The highest BCUT2D eigenvalue weighted by Gasteiger charge is 2.44. The van der Waals surface area contributed by atoms with Gasteiger partial charge in [-0.25, -0.2) is 9.79 Å². The molecule has 0 spiro atoms. The number of allylic oxidation sites excluding steroid dienone is 2. The lowest BCUT2D eigenvalue weighted by molar-refractivity contribution is -0.117. The van der Waals surface area contributed by atoms with Crippen LogP contribution in [0, 0.1) is 23.2 Å². The van der Waals surface area contributed by atoms with Gasteiger partial charge >= 0.3 is 6.09 Å². The molecular weight excluding hydrogens is 648 g/mol. The lowest BCUT2D eigenvalue weighted by Crippen LogP contribution is -2.62. The number of nitrogens with one attached hydrogen (secondary N) is 1. The highest BCUT2D eigenvalue weighted by Crippen LogP contribution is 2.33. The zero-order chi connectivity index (χ0) is 37.3. The molecule has 4 unspecified atom stereocenters. The third-order valence-electron chi connectivity index (χ3n) is 10.2. The molecule has 0 aromatic rings. The summed E-state index contributed by atoms with van der Waals surface area (Å²) in [5.74, 6) is 1.46. The first kappa shape index (κ1) is 41.7. The second-order valence-electron chi connectivity index (χ2n) is 17.5. The van der Waals surface area contributed by atoms with Crippen LogP contribution in [-0.2, 0) is 14.2 Å². The van der Waals surface area contributed by atoms with Crippen molar-refractivity contribution in [2.45, 2.75) is 143 Å². The van der Waals surface area contributed by atoms with Gasteiger partial charge in [-0.1, -0.05) is 34.6 Å². The molecule has 3 aliphatic heterocycles. The van der Waals surface area contributed by atoms with Crippen molar-refractivity contribution in [3.8, 4) is 0 Å². The summed E-state index contributed by atoms with van der Waals surface area (Å²) < 4.78 is 17.5. The molecule has 12 heteroatoms. The summed E-state index contributed by atoms with van der Waals surface area (Å²) in [7, 11) is 1.70. The number of aliphatic hydroxyl groups excluding tert-OH is 2. The summed E-state index contributed by atoms with van der Waals surface area (Å²) in [5, 5.41) is 27.8. The molecular formula is C39H70N6O6. The van der Waals surface area contributed by atoms with E-state index >= 15 is 0 Å². The summed E-state index contributed by atoms with van der Waals surface area (Å²) in [4.78, 5) is 29.5. The Balaban J connectivity index is 1.55. The fraction of sp³-hybridized carbons (Fsp3) is 0.872. The van der Waals surface area contributed by atoms with Crippen LogP contribution in [0.1, 0.15) is 107 Å². The first-order chi connectivity index (χ1) is 24.1. The molecule has 2 fully saturated rings. The van der Waals surface area contributed by atoms with Gasteiger partial charge in [0.15, 0.2) is 0 Å². The number of hydrogen-bond acceptors (Lipinski definition) is 11. The van der Waals surface area contributed by atoms with Gasteiger partial charge in [0.25, 0.3) is 0 Å². The van der Waals surface area contributed by atoms with E-state index in [1.807, 2.05) is 27.0 Å². The Morgan fingerprint density at radius 2 is 1.82 bits per heavy atom. The molecule has 0 aromatic heterocycles. The summed E-state index contributed by atoms with van der Waals surface area (Å²) >= 11 is 0. The van der Waals surface area contributed by atoms with E-state index < -0.39 is 30.1 Å². The molecule has 12 nitrogen and oxygen atoms in total. The second-order valence-corrected chi connectivity index (χ2v) is 17.5. The van der Waals surface area contributed by atoms with Crippen molar-refractivity contribution in [3.63, 3.8) is 0 Å². The summed E-state index contributed by atoms with van der Waals surface area (Å²) in [5.41, 5.74) is -0.904. The fourth-order valence-electron chi connectivity index (χ4n) is 7.61. The van der Waals surface area contributed by atoms with Gasteiger partial charge in [0.1, 0.15) is 36.2 Å². The molecule has 2 saturated heterocycles. The first-order valence-electron chi connectivity index (χ1n) is 19.6. The van der Waals surface area contributed by atoms with Crippen molar-refractivity contribution in [2.24, 2.45) is 33.2 Å². The summed E-state index contributed by atoms with van der Waals surface area (Å²) in [6.07, 6.45) is 9.52. The van der Waals surface area contributed by atoms with Crippen molar-refractivity contribution < 1.29 is 29.2 Å². The van der Waals surface area contributed by atoms with Gasteiger partial charge in [0.05, 0.1) is 11.7 Å². The SMILES string of the molecule is COCCCNC1N=C(C(C)(C)C)N=CC1C(O)N(CC(C)C)[C@H]1C[C@@H](C(O)N2CCC(OC3=CCCCC3)CC2)CN(C(=O)OC(C)(C)C)C1. The van der Waals surface area contributed by atoms with Crippen LogP contribution in [0.3, 0.4) is 0 Å². The number of aliphatic hydroxyl groups is 2. The Morgan fingerprint density at radius 3 is 2.43 bits per heavy atom. The maximum atomic E-state index is 13.7. The number of hydrogen-bond donors (Lipinski definition) is 3. The zero-order valence-corrected chi connectivity index (χ0v) is 33.1. The van der Waals surface area contributed by atoms with Crippen molar-refractivity contribution in [2.75, 3.05) is 53.0 Å². The molecule has 6 atom stereocenters. The Morgan fingerprint density at radius 1 is 1.10 bits per heavy atom. The van der Waals surface area contributed by atoms with Crippen LogP contribution in [0.4, 0.5) is 4.79 Å². The molecule has 4 rings (SSSR count). The Hall–Kier alpha value is -2.09. The van der Waals surface area contributed by atoms with E-state index in [9.17, 15) is 15.0 Å². The van der Waals surface area contributed by atoms with E-state index in [0.717, 1.165) is 56.8 Å². The number of nitrogens with zero attached hydrogens (tertiary/aromatic N) is 5. The van der Waals surface area contributed by atoms with Crippen LogP contribution in [0.25, 0.3) is 0 Å². The van der Waals surface area contributed by atoms with Crippen LogP contribution >= 0.6 is 0 Å². The van der Waals surface area contributed by atoms with Crippen LogP contribution in [0.15, 0.2) is 21.8 Å². The Kier molecular flexibility index (Phi) is 15.3. The number of amidine groups is 1. The van der Waals surface area contributed by atoms with E-state index in [1.54, 1.807) is 12.0 Å². The molecule has 3 heterocycles. The van der Waals surface area contributed by atoms with Gasteiger partial charge in [0, 0.05) is 76.5 Å². The molecule has 1 amide bonds. The van der Waals surface area contributed by atoms with Gasteiger partial charge in [0.2, 0.25) is 0 Å². The van der Waals surface area contributed by atoms with Gasteiger partial charge in [-0.3, -0.25) is 20.1 Å². The molecule has 3 N–H and O–H groups in total. The smallest absolute Gasteiger partial charge is 0.410 e. The number of likely N-dealkylation sites (tertiary alicyclic amines) is 2. The highest BCUT2D eigenvalue weighted by atomic mass is 16.6. The van der Waals surface area contributed by atoms with E-state index in [0.29, 0.717) is 39.2 Å². The summed E-state index contributed by atoms with van der Waals surface area (Å²) in [6.45, 7) is 20.3. The number of carbonyl (C=O) groups excluding carboxylic acids is 1. The Bertz CT molecular complexity index is 1190. The molecule has 0 aromatic carbocycles. The number of rotatable bonds is 14. The fourth-order valence-corrected chi connectivity index (χ4v) is 7.61. The predicted molar refractivity (Wildman–Crippen MR) is 203 cm³/mol. The number of methoxy groups -OCH3 is 1. The van der Waals surface area contributed by atoms with E-state index in [2.05, 4.69) is 55.8 Å². The van der Waals surface area contributed by atoms with Gasteiger partial charge in [-0.2, -0.15) is 0 Å². The number of amides is 1. The standard InChI is InChI=1S/C39H70N6O6/c1-27(2)24-45(35(47)32-23-41-36(38(3,4)5)42-33(32)40-18-13-21-49-9)29-22-28(25-44(26-29)37(48)51-39(6,7)8)34(46)43-19-16-31(17-20-43)50-30-14-11-10-12-15-30/h14,23,27-29,31-35,40,46-47H,10-13,15-22,24-26H2,1-9H3/t28-,29+,32?,33?,34?,35?/m1/s1. The lowest BCUT2D eigenvalue weighted by atomic mass is 9.88. The van der Waals surface area contributed by atoms with Crippen molar-refractivity contribution in [1.29, 1.82) is 0 Å². The molecule has 0 saturated carbocycles. The van der Waals surface area contributed by atoms with Gasteiger partial charge in [-0.15, -0.1) is 0 Å². The van der Waals surface area contributed by atoms with Crippen LogP contribution in [0.5, 0.6) is 0 Å². The van der Waals surface area contributed by atoms with Gasteiger partial charge in [-0.05, 0) is 84.3 Å². The van der Waals surface area contributed by atoms with Crippen molar-refractivity contribution in [3.05, 3.63) is 11.8 Å². The molecule has 0 radical (unpaired) electrons. The maximum absolute atomic E-state index is 13.7. The normalized spacial score (nSPS) is 27.0. The molecule has 0 bridgehead atoms. The van der Waals surface area contributed by atoms with E-state index in [4.69, 9.17) is 24.2 Å². The number of carbonyl (C=O) groups is 1. The zero-order valence-electron chi connectivity index (χ0n) is 33.1. The van der Waals surface area contributed by atoms with Crippen LogP contribution in [0.2, 0.25) is 0 Å². The minimum Gasteiger partial charge on any atom is -0.495 e. The maximum Gasteiger partial charge on any atom is 0.410 e. The van der Waals surface area contributed by atoms with Gasteiger partial charge < -0.3 is 29.3 Å². The monoisotopic (exact) mass is 719 g/mol. The molecule has 4 aliphatic rings. The average Bonchev–Trinajstić information content (AvgIpc) is 3.08. The van der Waals surface area contributed by atoms with Crippen molar-refractivity contribution in [1.82, 2.24) is 20.0 Å². The van der Waals surface area contributed by atoms with Crippen LogP contribution < -0.4 is 5.32 Å². The molecule has 292 valence electrons. The Labute approximate surface area is 308 Å². The van der Waals surface area contributed by atoms with Crippen LogP contribution in [-0.4, -0.2) is 132 Å². The third-order valence-corrected chi connectivity index (χ3v) is 10.2. The second kappa shape index (κ2) is 18.8. The highest BCUT2D eigenvalue weighted by molar-refractivity contribution is 5.95. The molecule has 51 heavy (non-hydrogen) atoms. The summed E-state index contributed by atoms with van der Waals surface area (Å²) in [6, 6.07) is -0.224. The van der Waals surface area contributed by atoms with E-state index in [1.165, 1.54) is 12.8 Å². The number of aliphatic imine (C=N–C) groups is 2. The topological polar surface area (TPSA) is 132 Å². The first-order valence-corrected chi connectivity index (χ1v) is 19.6. The largest absolute Gasteiger partial charge is 0.495 e.